The first-order valence-corrected chi connectivity index (χ1v) is 8.83. The van der Waals surface area contributed by atoms with E-state index in [1.807, 2.05) is 19.1 Å². The van der Waals surface area contributed by atoms with E-state index in [9.17, 15) is 9.59 Å². The molecule has 6 heteroatoms. The van der Waals surface area contributed by atoms with E-state index in [-0.39, 0.29) is 29.9 Å². The monoisotopic (exact) mass is 380 g/mol. The van der Waals surface area contributed by atoms with Gasteiger partial charge in [-0.05, 0) is 38.0 Å². The molecule has 2 aliphatic rings. The summed E-state index contributed by atoms with van der Waals surface area (Å²) in [5.74, 6) is -0.445. The predicted octanol–water partition coefficient (Wildman–Crippen LogP) is 2.91. The molecule has 23 heavy (non-hydrogen) atoms. The Morgan fingerprint density at radius 1 is 1.39 bits per heavy atom. The molecule has 0 radical (unpaired) electrons. The molecule has 2 aliphatic heterocycles. The Morgan fingerprint density at radius 3 is 2.74 bits per heavy atom. The van der Waals surface area contributed by atoms with Gasteiger partial charge in [-0.1, -0.05) is 28.1 Å². The van der Waals surface area contributed by atoms with Gasteiger partial charge in [0, 0.05) is 17.4 Å². The van der Waals surface area contributed by atoms with Crippen molar-refractivity contribution < 1.29 is 14.3 Å². The zero-order valence-corrected chi connectivity index (χ0v) is 15.0. The molecule has 2 heterocycles. The van der Waals surface area contributed by atoms with Gasteiger partial charge >= 0.3 is 5.97 Å². The number of hydrazine groups is 1. The number of esters is 1. The van der Waals surface area contributed by atoms with Crippen LogP contribution in [-0.4, -0.2) is 41.1 Å². The average molecular weight is 381 g/mol. The first kappa shape index (κ1) is 16.5. The van der Waals surface area contributed by atoms with E-state index in [2.05, 4.69) is 33.1 Å². The highest BCUT2D eigenvalue weighted by Crippen LogP contribution is 2.42. The normalized spacial score (nSPS) is 25.5. The zero-order valence-electron chi connectivity index (χ0n) is 13.4. The Kier molecular flexibility index (Phi) is 4.73. The number of halogens is 1. The average Bonchev–Trinajstić information content (AvgIpc) is 3.09. The topological polar surface area (TPSA) is 49.9 Å². The van der Waals surface area contributed by atoms with E-state index in [0.717, 1.165) is 10.9 Å². The molecule has 2 fully saturated rings. The van der Waals surface area contributed by atoms with Gasteiger partial charge in [-0.15, -0.1) is 0 Å². The summed E-state index contributed by atoms with van der Waals surface area (Å²) in [5, 5.41) is 3.92. The van der Waals surface area contributed by atoms with Crippen LogP contribution in [0.2, 0.25) is 0 Å². The third-order valence-corrected chi connectivity index (χ3v) is 5.24. The molecule has 1 aromatic carbocycles. The highest BCUT2D eigenvalue weighted by molar-refractivity contribution is 9.10. The zero-order chi connectivity index (χ0) is 16.6. The van der Waals surface area contributed by atoms with Gasteiger partial charge in [-0.2, -0.15) is 0 Å². The number of carbonyl (C=O) groups is 2. The molecule has 5 nitrogen and oxygen atoms in total. The van der Waals surface area contributed by atoms with Gasteiger partial charge in [0.05, 0.1) is 24.6 Å². The standard InChI is InChI=1S/C17H21BrN2O3/c1-3-23-17(22)11(2)14-10-15(12-4-6-13(18)7-5-12)19-9-8-16(21)20(14)19/h4-7,11,14-15H,3,8-10H2,1-2H3/t11?,14-,15+/m1/s1. The molecular weight excluding hydrogens is 360 g/mol. The maximum absolute atomic E-state index is 12.3. The minimum Gasteiger partial charge on any atom is -0.466 e. The van der Waals surface area contributed by atoms with Crippen molar-refractivity contribution in [1.29, 1.82) is 0 Å². The van der Waals surface area contributed by atoms with Gasteiger partial charge in [0.25, 0.3) is 0 Å². The fourth-order valence-electron chi connectivity index (χ4n) is 3.55. The van der Waals surface area contributed by atoms with Gasteiger partial charge < -0.3 is 4.74 Å². The lowest BCUT2D eigenvalue weighted by atomic mass is 9.93. The van der Waals surface area contributed by atoms with Crippen molar-refractivity contribution in [3.05, 3.63) is 34.3 Å². The second-order valence-electron chi connectivity index (χ2n) is 6.06. The lowest BCUT2D eigenvalue weighted by Crippen LogP contribution is -2.43. The SMILES string of the molecule is CCOC(=O)C(C)[C@H]1C[C@@H](c2ccc(Br)cc2)N2CCC(=O)N12. The van der Waals surface area contributed by atoms with E-state index >= 15 is 0 Å². The molecule has 1 amide bonds. The Morgan fingerprint density at radius 2 is 2.09 bits per heavy atom. The third kappa shape index (κ3) is 3.02. The van der Waals surface area contributed by atoms with Gasteiger partial charge in [0.2, 0.25) is 5.91 Å². The largest absolute Gasteiger partial charge is 0.466 e. The van der Waals surface area contributed by atoms with Crippen LogP contribution in [0.15, 0.2) is 28.7 Å². The summed E-state index contributed by atoms with van der Waals surface area (Å²) in [7, 11) is 0. The first-order chi connectivity index (χ1) is 11.0. The molecule has 0 aromatic heterocycles. The molecule has 0 N–H and O–H groups in total. The van der Waals surface area contributed by atoms with Crippen LogP contribution in [0.25, 0.3) is 0 Å². The smallest absolute Gasteiger partial charge is 0.310 e. The van der Waals surface area contributed by atoms with Crippen molar-refractivity contribution in [3.8, 4) is 0 Å². The van der Waals surface area contributed by atoms with Crippen LogP contribution in [0.4, 0.5) is 0 Å². The number of benzene rings is 1. The summed E-state index contributed by atoms with van der Waals surface area (Å²) >= 11 is 3.45. The van der Waals surface area contributed by atoms with E-state index in [1.165, 1.54) is 5.56 Å². The van der Waals surface area contributed by atoms with E-state index in [0.29, 0.717) is 19.6 Å². The minimum atomic E-state index is -0.319. The third-order valence-electron chi connectivity index (χ3n) is 4.72. The number of rotatable bonds is 4. The molecule has 124 valence electrons. The summed E-state index contributed by atoms with van der Waals surface area (Å²) in [6, 6.07) is 8.19. The number of hydrogen-bond acceptors (Lipinski definition) is 4. The summed E-state index contributed by atoms with van der Waals surface area (Å²) in [6.07, 6.45) is 1.27. The number of ether oxygens (including phenoxy) is 1. The lowest BCUT2D eigenvalue weighted by Gasteiger charge is -2.29. The molecule has 0 spiro atoms. The first-order valence-electron chi connectivity index (χ1n) is 8.03. The molecule has 3 rings (SSSR count). The maximum atomic E-state index is 12.3. The predicted molar refractivity (Wildman–Crippen MR) is 89.3 cm³/mol. The summed E-state index contributed by atoms with van der Waals surface area (Å²) in [6.45, 7) is 4.74. The van der Waals surface area contributed by atoms with Crippen LogP contribution < -0.4 is 0 Å². The Hall–Kier alpha value is -1.40. The number of hydrogen-bond donors (Lipinski definition) is 0. The Bertz CT molecular complexity index is 604. The van der Waals surface area contributed by atoms with Crippen LogP contribution in [-0.2, 0) is 14.3 Å². The van der Waals surface area contributed by atoms with Crippen molar-refractivity contribution in [2.75, 3.05) is 13.2 Å². The minimum absolute atomic E-state index is 0.103. The van der Waals surface area contributed by atoms with Gasteiger partial charge in [-0.3, -0.25) is 14.6 Å². The van der Waals surface area contributed by atoms with Crippen molar-refractivity contribution in [3.63, 3.8) is 0 Å². The Labute approximate surface area is 144 Å². The van der Waals surface area contributed by atoms with Gasteiger partial charge in [0.15, 0.2) is 0 Å². The van der Waals surface area contributed by atoms with Crippen LogP contribution in [0.1, 0.15) is 38.3 Å². The summed E-state index contributed by atoms with van der Waals surface area (Å²) < 4.78 is 6.19. The number of amides is 1. The van der Waals surface area contributed by atoms with Crippen LogP contribution >= 0.6 is 15.9 Å². The van der Waals surface area contributed by atoms with E-state index < -0.39 is 0 Å². The fourth-order valence-corrected chi connectivity index (χ4v) is 3.81. The highest BCUT2D eigenvalue weighted by Gasteiger charge is 2.49. The van der Waals surface area contributed by atoms with Crippen LogP contribution in [0.5, 0.6) is 0 Å². The van der Waals surface area contributed by atoms with Gasteiger partial charge in [0.1, 0.15) is 0 Å². The van der Waals surface area contributed by atoms with Gasteiger partial charge in [-0.25, -0.2) is 5.01 Å². The summed E-state index contributed by atoms with van der Waals surface area (Å²) in [4.78, 5) is 24.4. The lowest BCUT2D eigenvalue weighted by molar-refractivity contribution is -0.153. The van der Waals surface area contributed by atoms with Crippen molar-refractivity contribution in [2.45, 2.75) is 38.8 Å². The van der Waals surface area contributed by atoms with Crippen molar-refractivity contribution >= 4 is 27.8 Å². The second kappa shape index (κ2) is 6.61. The molecule has 3 atom stereocenters. The fraction of sp³-hybridized carbons (Fsp3) is 0.529. The molecule has 0 aliphatic carbocycles. The molecule has 1 aromatic rings. The highest BCUT2D eigenvalue weighted by atomic mass is 79.9. The van der Waals surface area contributed by atoms with Crippen molar-refractivity contribution in [1.82, 2.24) is 10.0 Å². The number of carbonyl (C=O) groups excluding carboxylic acids is 2. The molecule has 0 bridgehead atoms. The maximum Gasteiger partial charge on any atom is 0.310 e. The molecule has 0 saturated carbocycles. The molecular formula is C17H21BrN2O3. The van der Waals surface area contributed by atoms with E-state index in [1.54, 1.807) is 11.9 Å². The van der Waals surface area contributed by atoms with Crippen LogP contribution in [0.3, 0.4) is 0 Å². The number of fused-ring (bicyclic) bond motifs is 1. The second-order valence-corrected chi connectivity index (χ2v) is 6.98. The molecule has 2 saturated heterocycles. The van der Waals surface area contributed by atoms with E-state index in [4.69, 9.17) is 4.74 Å². The Balaban J connectivity index is 1.86. The number of nitrogens with zero attached hydrogens (tertiary/aromatic N) is 2. The molecule has 1 unspecified atom stereocenters. The summed E-state index contributed by atoms with van der Waals surface area (Å²) in [5.41, 5.74) is 1.17. The van der Waals surface area contributed by atoms with Crippen molar-refractivity contribution in [2.24, 2.45) is 5.92 Å². The quantitative estimate of drug-likeness (QED) is 0.753. The van der Waals surface area contributed by atoms with Crippen LogP contribution in [0, 0.1) is 5.92 Å².